The second-order valence-corrected chi connectivity index (χ2v) is 2.86. The number of rotatable bonds is 5. The Balaban J connectivity index is 2.45. The lowest BCUT2D eigenvalue weighted by Crippen LogP contribution is -1.98. The summed E-state index contributed by atoms with van der Waals surface area (Å²) >= 11 is 0. The fourth-order valence-electron chi connectivity index (χ4n) is 1.09. The van der Waals surface area contributed by atoms with E-state index >= 15 is 0 Å². The average molecular weight is 185 g/mol. The van der Waals surface area contributed by atoms with Gasteiger partial charge in [0.1, 0.15) is 0 Å². The number of nitrogens with one attached hydrogen (secondary N) is 1. The molecule has 1 nitrogen and oxygen atoms in total. The summed E-state index contributed by atoms with van der Waals surface area (Å²) < 4.78 is 0. The topological polar surface area (TPSA) is 12.0 Å². The molecule has 0 atom stereocenters. The van der Waals surface area contributed by atoms with Gasteiger partial charge < -0.3 is 5.32 Å². The van der Waals surface area contributed by atoms with Crippen molar-refractivity contribution in [1.82, 2.24) is 0 Å². The zero-order valence-electron chi connectivity index (χ0n) is 8.24. The average Bonchev–Trinajstić information content (AvgIpc) is 2.26. The van der Waals surface area contributed by atoms with Gasteiger partial charge in [0.25, 0.3) is 0 Å². The lowest BCUT2D eigenvalue weighted by atomic mass is 10.2. The van der Waals surface area contributed by atoms with E-state index in [4.69, 9.17) is 0 Å². The fraction of sp³-hybridized carbons (Fsp3) is 0.0769. The first-order chi connectivity index (χ1) is 6.86. The number of hydrogen-bond acceptors (Lipinski definition) is 1. The van der Waals surface area contributed by atoms with Crippen LogP contribution in [0.15, 0.2) is 67.3 Å². The molecule has 0 aliphatic rings. The summed E-state index contributed by atoms with van der Waals surface area (Å²) in [5, 5.41) is 3.27. The monoisotopic (exact) mass is 185 g/mol. The second kappa shape index (κ2) is 5.81. The van der Waals surface area contributed by atoms with Gasteiger partial charge in [0.2, 0.25) is 0 Å². The first-order valence-electron chi connectivity index (χ1n) is 4.61. The van der Waals surface area contributed by atoms with Crippen LogP contribution in [-0.2, 0) is 0 Å². The number of hydrogen-bond donors (Lipinski definition) is 1. The molecule has 0 saturated heterocycles. The van der Waals surface area contributed by atoms with E-state index in [0.717, 1.165) is 17.8 Å². The minimum absolute atomic E-state index is 0.789. The summed E-state index contributed by atoms with van der Waals surface area (Å²) in [7, 11) is 0. The number of benzene rings is 1. The molecule has 0 radical (unpaired) electrons. The van der Waals surface area contributed by atoms with Crippen LogP contribution < -0.4 is 5.32 Å². The van der Waals surface area contributed by atoms with Crippen LogP contribution in [0.2, 0.25) is 0 Å². The van der Waals surface area contributed by atoms with Gasteiger partial charge in [-0.15, -0.1) is 0 Å². The van der Waals surface area contributed by atoms with Crippen LogP contribution >= 0.6 is 0 Å². The predicted octanol–water partition coefficient (Wildman–Crippen LogP) is 3.40. The van der Waals surface area contributed by atoms with E-state index in [9.17, 15) is 0 Å². The molecule has 0 amide bonds. The van der Waals surface area contributed by atoms with Gasteiger partial charge in [-0.05, 0) is 17.7 Å². The van der Waals surface area contributed by atoms with E-state index in [0.29, 0.717) is 0 Å². The van der Waals surface area contributed by atoms with Gasteiger partial charge in [0.05, 0.1) is 0 Å². The third-order valence-electron chi connectivity index (χ3n) is 1.89. The van der Waals surface area contributed by atoms with Crippen molar-refractivity contribution in [3.63, 3.8) is 0 Å². The number of para-hydroxylation sites is 1. The van der Waals surface area contributed by atoms with E-state index in [1.54, 1.807) is 12.2 Å². The molecule has 0 heterocycles. The summed E-state index contributed by atoms with van der Waals surface area (Å²) in [4.78, 5) is 0. The highest BCUT2D eigenvalue weighted by atomic mass is 14.8. The van der Waals surface area contributed by atoms with Gasteiger partial charge in [0, 0.05) is 12.2 Å². The SMILES string of the molecule is C=CC(C=C)=CCNc1ccccc1. The first-order valence-corrected chi connectivity index (χ1v) is 4.61. The maximum Gasteiger partial charge on any atom is 0.0342 e. The molecule has 0 saturated carbocycles. The minimum atomic E-state index is 0.789. The van der Waals surface area contributed by atoms with Gasteiger partial charge in [-0.2, -0.15) is 0 Å². The quantitative estimate of drug-likeness (QED) is 0.693. The maximum atomic E-state index is 3.69. The summed E-state index contributed by atoms with van der Waals surface area (Å²) in [6, 6.07) is 10.1. The van der Waals surface area contributed by atoms with Crippen LogP contribution in [-0.4, -0.2) is 6.54 Å². The summed E-state index contributed by atoms with van der Waals surface area (Å²) in [5.74, 6) is 0. The van der Waals surface area contributed by atoms with E-state index < -0.39 is 0 Å². The molecule has 0 aliphatic carbocycles. The van der Waals surface area contributed by atoms with Gasteiger partial charge >= 0.3 is 0 Å². The summed E-state index contributed by atoms with van der Waals surface area (Å²) in [6.45, 7) is 8.17. The molecule has 0 aromatic heterocycles. The lowest BCUT2D eigenvalue weighted by molar-refractivity contribution is 1.32. The van der Waals surface area contributed by atoms with Crippen molar-refractivity contribution < 1.29 is 0 Å². The van der Waals surface area contributed by atoms with Gasteiger partial charge in [-0.25, -0.2) is 0 Å². The first kappa shape index (κ1) is 10.3. The van der Waals surface area contributed by atoms with Crippen molar-refractivity contribution in [3.8, 4) is 0 Å². The highest BCUT2D eigenvalue weighted by molar-refractivity contribution is 5.43. The van der Waals surface area contributed by atoms with Crippen LogP contribution in [0.5, 0.6) is 0 Å². The molecule has 1 aromatic carbocycles. The smallest absolute Gasteiger partial charge is 0.0342 e. The molecule has 1 N–H and O–H groups in total. The second-order valence-electron chi connectivity index (χ2n) is 2.86. The zero-order valence-corrected chi connectivity index (χ0v) is 8.24. The molecule has 0 aliphatic heterocycles. The predicted molar refractivity (Wildman–Crippen MR) is 63.4 cm³/mol. The third-order valence-corrected chi connectivity index (χ3v) is 1.89. The third kappa shape index (κ3) is 3.31. The molecular formula is C13H15N. The molecule has 0 unspecified atom stereocenters. The largest absolute Gasteiger partial charge is 0.382 e. The fourth-order valence-corrected chi connectivity index (χ4v) is 1.09. The molecular weight excluding hydrogens is 170 g/mol. The Morgan fingerprint density at radius 1 is 1.14 bits per heavy atom. The van der Waals surface area contributed by atoms with E-state index in [1.165, 1.54) is 0 Å². The van der Waals surface area contributed by atoms with Gasteiger partial charge in [-0.1, -0.05) is 49.6 Å². The molecule has 14 heavy (non-hydrogen) atoms. The zero-order chi connectivity index (χ0) is 10.2. The lowest BCUT2D eigenvalue weighted by Gasteiger charge is -2.02. The number of anilines is 1. The standard InChI is InChI=1S/C13H15N/c1-3-12(4-2)10-11-14-13-8-6-5-7-9-13/h3-10,14H,1-2,11H2. The molecule has 1 rings (SSSR count). The van der Waals surface area contributed by atoms with E-state index in [1.807, 2.05) is 36.4 Å². The Bertz CT molecular complexity index is 312. The van der Waals surface area contributed by atoms with Crippen molar-refractivity contribution in [1.29, 1.82) is 0 Å². The van der Waals surface area contributed by atoms with Crippen LogP contribution in [0.4, 0.5) is 5.69 Å². The van der Waals surface area contributed by atoms with E-state index in [-0.39, 0.29) is 0 Å². The Labute approximate surface area is 85.5 Å². The van der Waals surface area contributed by atoms with Crippen molar-refractivity contribution in [2.75, 3.05) is 11.9 Å². The Hall–Kier alpha value is -1.76. The summed E-state index contributed by atoms with van der Waals surface area (Å²) in [5.41, 5.74) is 2.17. The van der Waals surface area contributed by atoms with Gasteiger partial charge in [0.15, 0.2) is 0 Å². The van der Waals surface area contributed by atoms with Crippen molar-refractivity contribution in [2.24, 2.45) is 0 Å². The van der Waals surface area contributed by atoms with E-state index in [2.05, 4.69) is 18.5 Å². The van der Waals surface area contributed by atoms with Crippen LogP contribution in [0.3, 0.4) is 0 Å². The maximum absolute atomic E-state index is 3.69. The Kier molecular flexibility index (Phi) is 4.29. The molecule has 1 aromatic rings. The van der Waals surface area contributed by atoms with Crippen LogP contribution in [0.25, 0.3) is 0 Å². The molecule has 0 fully saturated rings. The minimum Gasteiger partial charge on any atom is -0.382 e. The van der Waals surface area contributed by atoms with Crippen LogP contribution in [0.1, 0.15) is 0 Å². The molecule has 1 heteroatoms. The highest BCUT2D eigenvalue weighted by Gasteiger charge is 1.86. The van der Waals surface area contributed by atoms with Crippen molar-refractivity contribution in [3.05, 3.63) is 67.3 Å². The van der Waals surface area contributed by atoms with Crippen molar-refractivity contribution >= 4 is 5.69 Å². The number of allylic oxidation sites excluding steroid dienone is 3. The van der Waals surface area contributed by atoms with Crippen LogP contribution in [0, 0.1) is 0 Å². The highest BCUT2D eigenvalue weighted by Crippen LogP contribution is 2.04. The Morgan fingerprint density at radius 2 is 1.79 bits per heavy atom. The normalized spacial score (nSPS) is 8.86. The van der Waals surface area contributed by atoms with Gasteiger partial charge in [-0.3, -0.25) is 0 Å². The summed E-state index contributed by atoms with van der Waals surface area (Å²) in [6.07, 6.45) is 5.63. The molecule has 0 bridgehead atoms. The van der Waals surface area contributed by atoms with Crippen molar-refractivity contribution in [2.45, 2.75) is 0 Å². The molecule has 0 spiro atoms. The molecule has 72 valence electrons. The Morgan fingerprint density at radius 3 is 2.36 bits per heavy atom.